The minimum absolute atomic E-state index is 0.0691. The van der Waals surface area contributed by atoms with Crippen LogP contribution in [0.15, 0.2) is 22.7 Å². The Morgan fingerprint density at radius 3 is 2.86 bits per heavy atom. The minimum Gasteiger partial charge on any atom is -0.484 e. The molecule has 0 saturated heterocycles. The first-order valence-corrected chi connectivity index (χ1v) is 6.67. The van der Waals surface area contributed by atoms with E-state index in [1.807, 2.05) is 0 Å². The average Bonchev–Trinajstić information content (AvgIpc) is 2.91. The monoisotopic (exact) mass is 308 g/mol. The van der Waals surface area contributed by atoms with Gasteiger partial charge in [-0.15, -0.1) is 0 Å². The van der Waals surface area contributed by atoms with Gasteiger partial charge < -0.3 is 15.0 Å². The van der Waals surface area contributed by atoms with Crippen LogP contribution in [0.5, 0.6) is 5.75 Å². The number of hydrogen-bond donors (Lipinski definition) is 1. The number of ether oxygens (including phenoxy) is 1. The van der Waals surface area contributed by atoms with Gasteiger partial charge in [0.15, 0.2) is 12.4 Å². The molecular weight excluding hydrogens is 295 g/mol. The molecule has 1 saturated carbocycles. The molecule has 3 rings (SSSR count). The maximum absolute atomic E-state index is 13.5. The number of nitrogens with two attached hydrogens (primary N) is 1. The maximum atomic E-state index is 13.5. The average molecular weight is 308 g/mol. The lowest BCUT2D eigenvalue weighted by Gasteiger charge is -2.34. The van der Waals surface area contributed by atoms with Crippen molar-refractivity contribution in [1.29, 1.82) is 0 Å². The predicted molar refractivity (Wildman–Crippen MR) is 71.4 cm³/mol. The Hall–Kier alpha value is -2.55. The highest BCUT2D eigenvalue weighted by Gasteiger charge is 2.39. The molecule has 0 atom stereocenters. The molecule has 0 unspecified atom stereocenters. The summed E-state index contributed by atoms with van der Waals surface area (Å²) < 4.78 is 23.8. The van der Waals surface area contributed by atoms with E-state index in [0.717, 1.165) is 31.4 Å². The van der Waals surface area contributed by atoms with Gasteiger partial charge in [0, 0.05) is 12.1 Å². The predicted octanol–water partition coefficient (Wildman–Crippen LogP) is 2.03. The van der Waals surface area contributed by atoms with Crippen LogP contribution in [0.3, 0.4) is 0 Å². The van der Waals surface area contributed by atoms with Crippen LogP contribution < -0.4 is 10.5 Å². The number of nitro groups is 1. The molecule has 0 bridgehead atoms. The first-order chi connectivity index (χ1) is 10.5. The number of hydrogen-bond acceptors (Lipinski definition) is 7. The van der Waals surface area contributed by atoms with E-state index in [-0.39, 0.29) is 18.2 Å². The van der Waals surface area contributed by atoms with E-state index in [1.165, 1.54) is 6.07 Å². The van der Waals surface area contributed by atoms with Gasteiger partial charge in [-0.05, 0) is 25.3 Å². The molecule has 1 aromatic heterocycles. The van der Waals surface area contributed by atoms with Crippen molar-refractivity contribution < 1.29 is 18.6 Å². The SMILES string of the molecule is NC1(c2noc(COc3ccc([N+](=O)[O-])c(F)c3)n2)CCC1. The van der Waals surface area contributed by atoms with Crippen molar-refractivity contribution in [1.82, 2.24) is 10.1 Å². The van der Waals surface area contributed by atoms with Gasteiger partial charge in [0.05, 0.1) is 10.5 Å². The molecule has 22 heavy (non-hydrogen) atoms. The van der Waals surface area contributed by atoms with Crippen LogP contribution in [0.1, 0.15) is 31.0 Å². The van der Waals surface area contributed by atoms with Gasteiger partial charge in [-0.2, -0.15) is 9.37 Å². The van der Waals surface area contributed by atoms with Crippen molar-refractivity contribution >= 4 is 5.69 Å². The number of aromatic nitrogens is 2. The van der Waals surface area contributed by atoms with Crippen molar-refractivity contribution in [2.75, 3.05) is 0 Å². The number of nitrogens with zero attached hydrogens (tertiary/aromatic N) is 3. The van der Waals surface area contributed by atoms with E-state index in [4.69, 9.17) is 15.0 Å². The van der Waals surface area contributed by atoms with Crippen molar-refractivity contribution in [3.63, 3.8) is 0 Å². The number of rotatable bonds is 5. The highest BCUT2D eigenvalue weighted by Crippen LogP contribution is 2.36. The van der Waals surface area contributed by atoms with E-state index in [0.29, 0.717) is 5.82 Å². The molecule has 1 heterocycles. The van der Waals surface area contributed by atoms with E-state index in [1.54, 1.807) is 0 Å². The van der Waals surface area contributed by atoms with E-state index < -0.39 is 22.0 Å². The molecule has 8 nitrogen and oxygen atoms in total. The van der Waals surface area contributed by atoms with Gasteiger partial charge in [0.25, 0.3) is 5.89 Å². The van der Waals surface area contributed by atoms with Gasteiger partial charge in [-0.1, -0.05) is 5.16 Å². The van der Waals surface area contributed by atoms with Crippen LogP contribution >= 0.6 is 0 Å². The maximum Gasteiger partial charge on any atom is 0.305 e. The number of nitro benzene ring substituents is 1. The summed E-state index contributed by atoms with van der Waals surface area (Å²) in [6.07, 6.45) is 2.64. The third kappa shape index (κ3) is 2.62. The summed E-state index contributed by atoms with van der Waals surface area (Å²) in [7, 11) is 0. The van der Waals surface area contributed by atoms with Crippen molar-refractivity contribution in [2.45, 2.75) is 31.4 Å². The van der Waals surface area contributed by atoms with Crippen LogP contribution in [0.25, 0.3) is 0 Å². The fourth-order valence-corrected chi connectivity index (χ4v) is 2.17. The fourth-order valence-electron chi connectivity index (χ4n) is 2.17. The zero-order valence-electron chi connectivity index (χ0n) is 11.5. The van der Waals surface area contributed by atoms with Crippen molar-refractivity contribution in [2.24, 2.45) is 5.73 Å². The summed E-state index contributed by atoms with van der Waals surface area (Å²) in [5.74, 6) is -0.184. The van der Waals surface area contributed by atoms with E-state index >= 15 is 0 Å². The molecule has 9 heteroatoms. The summed E-state index contributed by atoms with van der Waals surface area (Å²) in [5.41, 5.74) is 4.93. The van der Waals surface area contributed by atoms with Gasteiger partial charge in [0.2, 0.25) is 5.82 Å². The Morgan fingerprint density at radius 1 is 1.50 bits per heavy atom. The lowest BCUT2D eigenvalue weighted by Crippen LogP contribution is -2.44. The second-order valence-electron chi connectivity index (χ2n) is 5.18. The Kier molecular flexibility index (Phi) is 3.49. The molecule has 0 radical (unpaired) electrons. The third-order valence-electron chi connectivity index (χ3n) is 3.64. The zero-order valence-corrected chi connectivity index (χ0v) is 11.5. The second-order valence-corrected chi connectivity index (χ2v) is 5.18. The van der Waals surface area contributed by atoms with Gasteiger partial charge in [-0.3, -0.25) is 10.1 Å². The molecule has 1 aromatic carbocycles. The zero-order chi connectivity index (χ0) is 15.7. The smallest absolute Gasteiger partial charge is 0.305 e. The fraction of sp³-hybridized carbons (Fsp3) is 0.385. The van der Waals surface area contributed by atoms with Crippen LogP contribution in [-0.2, 0) is 12.1 Å². The third-order valence-corrected chi connectivity index (χ3v) is 3.64. The molecule has 0 amide bonds. The first-order valence-electron chi connectivity index (χ1n) is 6.67. The van der Waals surface area contributed by atoms with Crippen molar-refractivity contribution in [3.8, 4) is 5.75 Å². The number of halogens is 1. The normalized spacial score (nSPS) is 16.1. The Labute approximate surface area is 124 Å². The molecular formula is C13H13FN4O4. The lowest BCUT2D eigenvalue weighted by atomic mass is 9.77. The number of benzene rings is 1. The first kappa shape index (κ1) is 14.4. The molecule has 0 spiro atoms. The summed E-state index contributed by atoms with van der Waals surface area (Å²) in [4.78, 5) is 13.9. The minimum atomic E-state index is -0.968. The van der Waals surface area contributed by atoms with Crippen LogP contribution in [0, 0.1) is 15.9 Å². The van der Waals surface area contributed by atoms with Gasteiger partial charge >= 0.3 is 5.69 Å². The highest BCUT2D eigenvalue weighted by atomic mass is 19.1. The molecule has 0 aliphatic heterocycles. The van der Waals surface area contributed by atoms with Gasteiger partial charge in [-0.25, -0.2) is 0 Å². The summed E-state index contributed by atoms with van der Waals surface area (Å²) >= 11 is 0. The highest BCUT2D eigenvalue weighted by molar-refractivity contribution is 5.37. The Balaban J connectivity index is 1.65. The second kappa shape index (κ2) is 5.34. The molecule has 116 valence electrons. The Bertz CT molecular complexity index is 714. The molecule has 2 aromatic rings. The quantitative estimate of drug-likeness (QED) is 0.663. The topological polar surface area (TPSA) is 117 Å². The van der Waals surface area contributed by atoms with E-state index in [2.05, 4.69) is 10.1 Å². The lowest BCUT2D eigenvalue weighted by molar-refractivity contribution is -0.387. The van der Waals surface area contributed by atoms with Crippen LogP contribution in [0.4, 0.5) is 10.1 Å². The molecule has 2 N–H and O–H groups in total. The van der Waals surface area contributed by atoms with Gasteiger partial charge in [0.1, 0.15) is 5.75 Å². The Morgan fingerprint density at radius 2 is 2.27 bits per heavy atom. The van der Waals surface area contributed by atoms with Crippen LogP contribution in [-0.4, -0.2) is 15.1 Å². The van der Waals surface area contributed by atoms with E-state index in [9.17, 15) is 14.5 Å². The molecule has 1 fully saturated rings. The largest absolute Gasteiger partial charge is 0.484 e. The van der Waals surface area contributed by atoms with Crippen LogP contribution in [0.2, 0.25) is 0 Å². The standard InChI is InChI=1S/C13H13FN4O4/c14-9-6-8(2-3-10(9)18(19)20)21-7-11-16-12(17-22-11)13(15)4-1-5-13/h2-3,6H,1,4-5,7,15H2. The van der Waals surface area contributed by atoms with Crippen molar-refractivity contribution in [3.05, 3.63) is 45.8 Å². The summed E-state index contributed by atoms with van der Waals surface area (Å²) in [5, 5.41) is 14.3. The summed E-state index contributed by atoms with van der Waals surface area (Å²) in [6, 6.07) is 3.27. The summed E-state index contributed by atoms with van der Waals surface area (Å²) in [6.45, 7) is -0.0691. The molecule has 1 aliphatic carbocycles. The molecule has 1 aliphatic rings.